The molecule has 0 heterocycles. The van der Waals surface area contributed by atoms with E-state index in [4.69, 9.17) is 30.4 Å². The molecule has 78 heavy (non-hydrogen) atoms. The van der Waals surface area contributed by atoms with Crippen LogP contribution in [0.25, 0.3) is 43.1 Å². The van der Waals surface area contributed by atoms with Crippen molar-refractivity contribution in [3.63, 3.8) is 0 Å². The second-order valence-corrected chi connectivity index (χ2v) is 16.0. The fourth-order valence-electron chi connectivity index (χ4n) is 6.05. The van der Waals surface area contributed by atoms with E-state index in [0.29, 0.717) is 34.5 Å². The molecule has 9 heteroatoms. The van der Waals surface area contributed by atoms with Gasteiger partial charge in [-0.1, -0.05) is 278 Å². The Kier molecular flexibility index (Phi) is 41.7. The Bertz CT molecular complexity index is 3000. The maximum absolute atomic E-state index is 9.37. The van der Waals surface area contributed by atoms with E-state index in [1.807, 2.05) is 170 Å². The fraction of sp³-hybridized carbons (Fsp3) is 0.203. The molecule has 0 atom stereocenters. The number of fused-ring (bicyclic) bond motifs is 4. The van der Waals surface area contributed by atoms with E-state index in [9.17, 15) is 10.2 Å². The molecule has 0 aliphatic heterocycles. The van der Waals surface area contributed by atoms with Crippen LogP contribution in [0.4, 0.5) is 0 Å². The Morgan fingerprint density at radius 3 is 0.821 bits per heavy atom. The number of nitrogens with zero attached hydrogens (tertiary/aromatic N) is 3. The third kappa shape index (κ3) is 28.8. The lowest BCUT2D eigenvalue weighted by Crippen LogP contribution is -1.82. The van der Waals surface area contributed by atoms with Gasteiger partial charge in [-0.15, -0.1) is 15.8 Å². The van der Waals surface area contributed by atoms with Gasteiger partial charge in [-0.25, -0.2) is 0 Å². The zero-order valence-corrected chi connectivity index (χ0v) is 45.2. The number of phenols is 3. The van der Waals surface area contributed by atoms with Gasteiger partial charge in [0, 0.05) is 21.5 Å². The Morgan fingerprint density at radius 1 is 0.295 bits per heavy atom. The summed E-state index contributed by atoms with van der Waals surface area (Å²) in [5.41, 5.74) is 0. The van der Waals surface area contributed by atoms with Crippen LogP contribution in [0.5, 0.6) is 34.5 Å². The lowest BCUT2D eigenvalue weighted by Gasteiger charge is -2.00. The largest absolute Gasteiger partial charge is 0.508 e. The van der Waals surface area contributed by atoms with Crippen molar-refractivity contribution in [1.82, 2.24) is 0 Å². The van der Waals surface area contributed by atoms with Crippen LogP contribution in [0.3, 0.4) is 0 Å². The molecular formula is C69H81N3O6. The highest BCUT2D eigenvalue weighted by Gasteiger charge is 2.01. The third-order valence-electron chi connectivity index (χ3n) is 9.01. The van der Waals surface area contributed by atoms with Crippen molar-refractivity contribution in [2.24, 2.45) is 0 Å². The number of hydrogen-bond donors (Lipinski definition) is 3. The molecule has 10 rings (SSSR count). The van der Waals surface area contributed by atoms with E-state index in [2.05, 4.69) is 60.1 Å². The number of para-hydroxylation sites is 2. The van der Waals surface area contributed by atoms with E-state index in [1.165, 1.54) is 25.7 Å². The zero-order valence-electron chi connectivity index (χ0n) is 45.2. The normalized spacial score (nSPS) is 8.63. The lowest BCUT2D eigenvalue weighted by atomic mass is 10.1. The summed E-state index contributed by atoms with van der Waals surface area (Å²) in [6.45, 7) is 17.0. The predicted molar refractivity (Wildman–Crippen MR) is 330 cm³/mol. The first-order chi connectivity index (χ1) is 37.1. The van der Waals surface area contributed by atoms with Gasteiger partial charge in [0.1, 0.15) is 34.5 Å². The average molecular weight is 1050 g/mol. The summed E-state index contributed by atoms with van der Waals surface area (Å²) in [4.78, 5) is 0. The molecule has 408 valence electrons. The van der Waals surface area contributed by atoms with E-state index in [1.54, 1.807) is 79.4 Å². The number of nitriles is 3. The first-order valence-electron chi connectivity index (χ1n) is 25.3. The molecule has 10 aromatic carbocycles. The summed E-state index contributed by atoms with van der Waals surface area (Å²) in [7, 11) is 0. The van der Waals surface area contributed by atoms with Gasteiger partial charge >= 0.3 is 0 Å². The number of aromatic hydroxyl groups is 3. The standard InChI is InChI=1S/2C11H7NO.2C10H8O.C7H5NO.C6H6O.4C3H8.2CH4/c2*12-8-13-11-7-3-5-9-4-1-2-6-10(9)11;2*11-10-7-3-5-8-4-1-2-6-9(8)10;8-6-9-7-4-2-1-3-5-7;7-6-4-2-1-3-5-6;4*1-3-2;;/h2*1-7H;2*1-7,11H;1-5H;1-5,7H;4*3H2,1-2H3;2*1H4. The highest BCUT2D eigenvalue weighted by molar-refractivity contribution is 5.90. The summed E-state index contributed by atoms with van der Waals surface area (Å²) >= 11 is 0. The molecule has 0 spiro atoms. The first-order valence-corrected chi connectivity index (χ1v) is 25.3. The number of benzene rings is 10. The van der Waals surface area contributed by atoms with Gasteiger partial charge in [0.15, 0.2) is 0 Å². The minimum atomic E-state index is 0. The van der Waals surface area contributed by atoms with Crippen molar-refractivity contribution in [2.45, 2.75) is 95.9 Å². The van der Waals surface area contributed by atoms with Gasteiger partial charge in [-0.05, 0) is 70.1 Å². The fourth-order valence-corrected chi connectivity index (χ4v) is 6.05. The second kappa shape index (κ2) is 46.1. The Hall–Kier alpha value is -9.49. The van der Waals surface area contributed by atoms with Crippen LogP contribution in [0.15, 0.2) is 231 Å². The Labute approximate surface area is 466 Å². The van der Waals surface area contributed by atoms with Crippen LogP contribution in [0.1, 0.15) is 95.9 Å². The maximum atomic E-state index is 9.37. The van der Waals surface area contributed by atoms with Gasteiger partial charge in [0.05, 0.1) is 0 Å². The van der Waals surface area contributed by atoms with Crippen LogP contribution < -0.4 is 14.2 Å². The van der Waals surface area contributed by atoms with Crippen molar-refractivity contribution in [3.05, 3.63) is 231 Å². The van der Waals surface area contributed by atoms with E-state index < -0.39 is 0 Å². The van der Waals surface area contributed by atoms with Gasteiger partial charge in [-0.2, -0.15) is 0 Å². The minimum absolute atomic E-state index is 0. The summed E-state index contributed by atoms with van der Waals surface area (Å²) in [6, 6.07) is 71.1. The second-order valence-electron chi connectivity index (χ2n) is 16.0. The van der Waals surface area contributed by atoms with Crippen LogP contribution in [-0.4, -0.2) is 15.3 Å². The van der Waals surface area contributed by atoms with Crippen molar-refractivity contribution < 1.29 is 29.5 Å². The summed E-state index contributed by atoms with van der Waals surface area (Å²) in [5, 5.41) is 60.3. The van der Waals surface area contributed by atoms with Crippen molar-refractivity contribution in [1.29, 1.82) is 15.8 Å². The molecule has 0 radical (unpaired) electrons. The molecule has 0 aromatic heterocycles. The van der Waals surface area contributed by atoms with E-state index in [0.717, 1.165) is 43.1 Å². The number of hydrogen-bond acceptors (Lipinski definition) is 9. The van der Waals surface area contributed by atoms with Crippen LogP contribution in [0.2, 0.25) is 0 Å². The summed E-state index contributed by atoms with van der Waals surface area (Å²) in [5.74, 6) is 2.83. The Balaban J connectivity index is 0. The van der Waals surface area contributed by atoms with Crippen molar-refractivity contribution >= 4 is 43.1 Å². The van der Waals surface area contributed by atoms with Crippen molar-refractivity contribution in [3.8, 4) is 53.3 Å². The topological polar surface area (TPSA) is 160 Å². The molecule has 9 nitrogen and oxygen atoms in total. The van der Waals surface area contributed by atoms with Gasteiger partial charge in [-0.3, -0.25) is 0 Å². The zero-order chi connectivity index (χ0) is 56.0. The highest BCUT2D eigenvalue weighted by Crippen LogP contribution is 2.27. The molecule has 0 fully saturated rings. The molecule has 0 saturated carbocycles. The first kappa shape index (κ1) is 70.6. The molecule has 0 unspecified atom stereocenters. The summed E-state index contributed by atoms with van der Waals surface area (Å²) < 4.78 is 14.2. The Morgan fingerprint density at radius 2 is 0.538 bits per heavy atom. The molecule has 3 N–H and O–H groups in total. The molecule has 0 saturated heterocycles. The highest BCUT2D eigenvalue weighted by atomic mass is 16.5. The number of phenolic OH excluding ortho intramolecular Hbond substituents is 3. The number of rotatable bonds is 3. The van der Waals surface area contributed by atoms with Crippen LogP contribution in [0, 0.1) is 34.6 Å². The lowest BCUT2D eigenvalue weighted by molar-refractivity contribution is 0.475. The monoisotopic (exact) mass is 1050 g/mol. The maximum Gasteiger partial charge on any atom is 0.292 e. The third-order valence-corrected chi connectivity index (χ3v) is 9.01. The van der Waals surface area contributed by atoms with Crippen LogP contribution >= 0.6 is 0 Å². The minimum Gasteiger partial charge on any atom is -0.508 e. The van der Waals surface area contributed by atoms with Gasteiger partial charge in [0.25, 0.3) is 18.8 Å². The van der Waals surface area contributed by atoms with E-state index in [-0.39, 0.29) is 14.9 Å². The van der Waals surface area contributed by atoms with Crippen LogP contribution in [-0.2, 0) is 0 Å². The quantitative estimate of drug-likeness (QED) is 0.146. The van der Waals surface area contributed by atoms with Gasteiger partial charge in [0.2, 0.25) is 0 Å². The van der Waals surface area contributed by atoms with Crippen molar-refractivity contribution in [2.75, 3.05) is 0 Å². The smallest absolute Gasteiger partial charge is 0.292 e. The van der Waals surface area contributed by atoms with Gasteiger partial charge < -0.3 is 29.5 Å². The SMILES string of the molecule is C.C.CCC.CCC.CCC.CCC.N#COc1cccc2ccccc12.N#COc1cccc2ccccc12.N#COc1ccccc1.Oc1cccc2ccccc12.Oc1cccc2ccccc12.Oc1ccccc1. The molecular weight excluding hydrogens is 967 g/mol. The molecule has 0 aliphatic carbocycles. The molecule has 0 amide bonds. The predicted octanol–water partition coefficient (Wildman–Crippen LogP) is 20.4. The average Bonchev–Trinajstić information content (AvgIpc) is 3.44. The number of ether oxygens (including phenoxy) is 3. The van der Waals surface area contributed by atoms with E-state index >= 15 is 0 Å². The summed E-state index contributed by atoms with van der Waals surface area (Å²) in [6.07, 6.45) is 9.94. The molecule has 0 aliphatic rings. The molecule has 10 aromatic rings. The molecule has 0 bridgehead atoms.